The van der Waals surface area contributed by atoms with Gasteiger partial charge in [0.2, 0.25) is 5.91 Å². The third-order valence-corrected chi connectivity index (χ3v) is 3.55. The van der Waals surface area contributed by atoms with Gasteiger partial charge in [-0.05, 0) is 5.56 Å². The van der Waals surface area contributed by atoms with Crippen molar-refractivity contribution in [1.82, 2.24) is 9.80 Å². The van der Waals surface area contributed by atoms with Gasteiger partial charge >= 0.3 is 73.1 Å². The van der Waals surface area contributed by atoms with Crippen LogP contribution in [-0.4, -0.2) is 115 Å². The predicted molar refractivity (Wildman–Crippen MR) is 115 cm³/mol. The molecule has 1 aromatic carbocycles. The number of amides is 1. The number of nitrogens with zero attached hydrogens (tertiary/aromatic N) is 2. The Morgan fingerprint density at radius 3 is 1.31 bits per heavy atom. The van der Waals surface area contributed by atoms with Gasteiger partial charge in [0, 0.05) is 38.1 Å². The van der Waals surface area contributed by atoms with Gasteiger partial charge in [0.05, 0.1) is 0 Å². The Hall–Kier alpha value is -0.359. The molecule has 0 spiro atoms. The molecule has 1 aliphatic rings. The molecule has 0 saturated carbocycles. The van der Waals surface area contributed by atoms with Crippen LogP contribution in [0.25, 0.3) is 0 Å². The number of hydrogen-bond donors (Lipinski definition) is 0. The summed E-state index contributed by atoms with van der Waals surface area (Å²) in [4.78, 5) is 16.6. The molecule has 1 fully saturated rings. The monoisotopic (exact) mass is 561 g/mol. The van der Waals surface area contributed by atoms with Gasteiger partial charge in [0.15, 0.2) is 0 Å². The maximum atomic E-state index is 12.2. The summed E-state index contributed by atoms with van der Waals surface area (Å²) < 4.78 is 117. The molecular formula is C16H25B3F12KN2O-3. The Morgan fingerprint density at radius 1 is 0.714 bits per heavy atom. The first-order valence-electron chi connectivity index (χ1n) is 9.64. The van der Waals surface area contributed by atoms with Crippen molar-refractivity contribution in [2.45, 2.75) is 27.3 Å². The number of halogens is 12. The van der Waals surface area contributed by atoms with Crippen molar-refractivity contribution in [3.63, 3.8) is 0 Å². The third kappa shape index (κ3) is 33.6. The SMILES string of the molecule is CC(C)(C)C(=O)N1CCN(Cc2ccccc2)CC1.F[B-](F)(F)F.F[B-](F)(F)F.F[B-](F)(F)F.[KH]. The average Bonchev–Trinajstić information content (AvgIpc) is 2.57. The normalized spacial score (nSPS) is 14.7. The van der Waals surface area contributed by atoms with Crippen LogP contribution in [0.5, 0.6) is 0 Å². The van der Waals surface area contributed by atoms with Gasteiger partial charge in [-0.3, -0.25) is 9.69 Å². The van der Waals surface area contributed by atoms with E-state index in [1.807, 2.05) is 31.7 Å². The van der Waals surface area contributed by atoms with Crippen molar-refractivity contribution in [3.05, 3.63) is 35.9 Å². The summed E-state index contributed by atoms with van der Waals surface area (Å²) in [7, 11) is -18.0. The van der Waals surface area contributed by atoms with Gasteiger partial charge in [0.25, 0.3) is 0 Å². The molecule has 2 rings (SSSR count). The van der Waals surface area contributed by atoms with Crippen molar-refractivity contribution >= 4 is 79.1 Å². The van der Waals surface area contributed by atoms with E-state index >= 15 is 0 Å². The van der Waals surface area contributed by atoms with E-state index in [0.29, 0.717) is 0 Å². The number of carbonyl (C=O) groups excluding carboxylic acids is 1. The number of benzene rings is 1. The second kappa shape index (κ2) is 17.2. The fourth-order valence-corrected chi connectivity index (χ4v) is 2.43. The summed E-state index contributed by atoms with van der Waals surface area (Å²) in [6.07, 6.45) is 0. The van der Waals surface area contributed by atoms with E-state index in [1.54, 1.807) is 0 Å². The zero-order valence-electron chi connectivity index (χ0n) is 18.5. The van der Waals surface area contributed by atoms with E-state index in [-0.39, 0.29) is 62.7 Å². The van der Waals surface area contributed by atoms with Gasteiger partial charge in [-0.15, -0.1) is 0 Å². The van der Waals surface area contributed by atoms with Gasteiger partial charge in [-0.25, -0.2) is 0 Å². The summed E-state index contributed by atoms with van der Waals surface area (Å²) in [6, 6.07) is 10.5. The van der Waals surface area contributed by atoms with E-state index in [4.69, 9.17) is 0 Å². The fourth-order valence-electron chi connectivity index (χ4n) is 2.43. The molecule has 0 radical (unpaired) electrons. The molecule has 202 valence electrons. The van der Waals surface area contributed by atoms with E-state index < -0.39 is 21.8 Å². The van der Waals surface area contributed by atoms with E-state index in [0.717, 1.165) is 32.7 Å². The number of carbonyl (C=O) groups is 1. The Morgan fingerprint density at radius 2 is 1.03 bits per heavy atom. The van der Waals surface area contributed by atoms with Crippen LogP contribution in [0.1, 0.15) is 26.3 Å². The summed E-state index contributed by atoms with van der Waals surface area (Å²) >= 11 is 0. The Kier molecular flexibility index (Phi) is 19.3. The molecule has 0 N–H and O–H groups in total. The first-order chi connectivity index (χ1) is 15.0. The van der Waals surface area contributed by atoms with Gasteiger partial charge < -0.3 is 56.7 Å². The van der Waals surface area contributed by atoms with Crippen molar-refractivity contribution in [1.29, 1.82) is 0 Å². The number of piperazine rings is 1. The average molecular weight is 561 g/mol. The molecule has 0 aromatic heterocycles. The second-order valence-corrected chi connectivity index (χ2v) is 7.79. The van der Waals surface area contributed by atoms with Crippen LogP contribution in [0.15, 0.2) is 30.3 Å². The molecular weight excluding hydrogens is 536 g/mol. The van der Waals surface area contributed by atoms with E-state index in [1.165, 1.54) is 5.56 Å². The third-order valence-electron chi connectivity index (χ3n) is 3.55. The quantitative estimate of drug-likeness (QED) is 0.346. The molecule has 1 aliphatic heterocycles. The summed E-state index contributed by atoms with van der Waals surface area (Å²) in [5, 5.41) is 0. The zero-order valence-corrected chi connectivity index (χ0v) is 18.5. The molecule has 35 heavy (non-hydrogen) atoms. The number of rotatable bonds is 2. The van der Waals surface area contributed by atoms with Crippen LogP contribution in [-0.2, 0) is 11.3 Å². The molecule has 0 atom stereocenters. The van der Waals surface area contributed by atoms with Crippen LogP contribution >= 0.6 is 0 Å². The molecule has 19 heteroatoms. The van der Waals surface area contributed by atoms with Gasteiger partial charge in [0.1, 0.15) is 0 Å². The molecule has 3 nitrogen and oxygen atoms in total. The molecule has 1 heterocycles. The molecule has 1 aromatic rings. The fraction of sp³-hybridized carbons (Fsp3) is 0.562. The molecule has 1 saturated heterocycles. The molecule has 0 bridgehead atoms. The van der Waals surface area contributed by atoms with E-state index in [2.05, 4.69) is 29.2 Å². The van der Waals surface area contributed by atoms with E-state index in [9.17, 15) is 56.6 Å². The summed E-state index contributed by atoms with van der Waals surface area (Å²) in [6.45, 7) is 10.6. The van der Waals surface area contributed by atoms with Gasteiger partial charge in [-0.1, -0.05) is 51.1 Å². The van der Waals surface area contributed by atoms with Crippen LogP contribution in [0, 0.1) is 5.41 Å². The Balaban J connectivity index is -0.000000528. The minimum atomic E-state index is -6.00. The van der Waals surface area contributed by atoms with Crippen LogP contribution in [0.4, 0.5) is 51.8 Å². The Bertz CT molecular complexity index is 646. The molecule has 0 aliphatic carbocycles. The van der Waals surface area contributed by atoms with Crippen molar-refractivity contribution in [2.24, 2.45) is 5.41 Å². The summed E-state index contributed by atoms with van der Waals surface area (Å²) in [5.74, 6) is 0.270. The molecule has 0 unspecified atom stereocenters. The Labute approximate surface area is 238 Å². The standard InChI is InChI=1S/C16H24N2O.3BF4.K.H/c1-16(2,3)15(19)18-11-9-17(10-12-18)13-14-7-5-4-6-8-14;3*2-1(3,4)5;;/h4-8H,9-13H2,1-3H3;;;;;/q;3*-1;;. The minimum absolute atomic E-state index is 0. The van der Waals surface area contributed by atoms with Crippen molar-refractivity contribution < 1.29 is 56.6 Å². The second-order valence-electron chi connectivity index (χ2n) is 7.79. The topological polar surface area (TPSA) is 23.6 Å². The predicted octanol–water partition coefficient (Wildman–Crippen LogP) is 5.63. The first kappa shape index (κ1) is 39.2. The van der Waals surface area contributed by atoms with Crippen molar-refractivity contribution in [2.75, 3.05) is 26.2 Å². The number of hydrogen-bond acceptors (Lipinski definition) is 2. The summed E-state index contributed by atoms with van der Waals surface area (Å²) in [5.41, 5.74) is 1.08. The van der Waals surface area contributed by atoms with Crippen LogP contribution in [0.2, 0.25) is 0 Å². The maximum absolute atomic E-state index is 12.2. The first-order valence-corrected chi connectivity index (χ1v) is 9.64. The van der Waals surface area contributed by atoms with Crippen LogP contribution in [0.3, 0.4) is 0 Å². The zero-order chi connectivity index (χ0) is 27.4. The molecule has 1 amide bonds. The van der Waals surface area contributed by atoms with Gasteiger partial charge in [-0.2, -0.15) is 0 Å². The van der Waals surface area contributed by atoms with Crippen molar-refractivity contribution in [3.8, 4) is 0 Å². The van der Waals surface area contributed by atoms with Crippen LogP contribution < -0.4 is 0 Å².